The Hall–Kier alpha value is -1.26. The minimum Gasteiger partial charge on any atom is -0.497 e. The van der Waals surface area contributed by atoms with Gasteiger partial charge in [0.05, 0.1) is 13.2 Å². The van der Waals surface area contributed by atoms with Gasteiger partial charge < -0.3 is 15.4 Å². The second-order valence-electron chi connectivity index (χ2n) is 5.27. The summed E-state index contributed by atoms with van der Waals surface area (Å²) in [5, 5.41) is 0. The fourth-order valence-electron chi connectivity index (χ4n) is 2.31. The predicted octanol–water partition coefficient (Wildman–Crippen LogP) is 2.60. The van der Waals surface area contributed by atoms with Gasteiger partial charge in [-0.25, -0.2) is 0 Å². The fraction of sp³-hybridized carbons (Fsp3) is 0.533. The number of nitrogens with two attached hydrogens (primary N) is 1. The van der Waals surface area contributed by atoms with Crippen LogP contribution in [-0.2, 0) is 4.79 Å². The molecule has 1 fully saturated rings. The van der Waals surface area contributed by atoms with Crippen molar-refractivity contribution in [1.29, 1.82) is 0 Å². The van der Waals surface area contributed by atoms with Gasteiger partial charge in [-0.1, -0.05) is 0 Å². The number of carbonyl (C=O) groups is 1. The van der Waals surface area contributed by atoms with E-state index in [9.17, 15) is 4.79 Å². The van der Waals surface area contributed by atoms with Gasteiger partial charge in [0.25, 0.3) is 0 Å². The third-order valence-electron chi connectivity index (χ3n) is 3.69. The molecule has 20 heavy (non-hydrogen) atoms. The van der Waals surface area contributed by atoms with E-state index < -0.39 is 6.04 Å². The molecule has 1 aromatic carbocycles. The average molecular weight is 299 g/mol. The molecular formula is C15H23ClN2O2. The number of rotatable bonds is 5. The van der Waals surface area contributed by atoms with E-state index in [0.717, 1.165) is 11.4 Å². The maximum Gasteiger partial charge on any atom is 0.243 e. The number of methoxy groups -OCH3 is 1. The summed E-state index contributed by atoms with van der Waals surface area (Å²) in [6.07, 6.45) is 2.39. The SMILES string of the molecule is COc1ccc(N(C(=O)[C@H](C)N)C(C)C2CC2)cc1.Cl. The van der Waals surface area contributed by atoms with Crippen LogP contribution in [0.1, 0.15) is 26.7 Å². The maximum atomic E-state index is 12.3. The van der Waals surface area contributed by atoms with Gasteiger partial charge in [-0.05, 0) is 56.9 Å². The van der Waals surface area contributed by atoms with E-state index in [-0.39, 0.29) is 24.4 Å². The number of hydrogen-bond acceptors (Lipinski definition) is 3. The highest BCUT2D eigenvalue weighted by Gasteiger charge is 2.35. The van der Waals surface area contributed by atoms with E-state index in [1.807, 2.05) is 29.2 Å². The summed E-state index contributed by atoms with van der Waals surface area (Å²) in [6, 6.07) is 7.29. The highest BCUT2D eigenvalue weighted by atomic mass is 35.5. The minimum absolute atomic E-state index is 0. The molecular weight excluding hydrogens is 276 g/mol. The quantitative estimate of drug-likeness (QED) is 0.909. The summed E-state index contributed by atoms with van der Waals surface area (Å²) in [5.41, 5.74) is 6.66. The summed E-state index contributed by atoms with van der Waals surface area (Å²) < 4.78 is 5.15. The second kappa shape index (κ2) is 6.95. The molecule has 2 atom stereocenters. The summed E-state index contributed by atoms with van der Waals surface area (Å²) in [5.74, 6) is 1.37. The molecule has 0 aromatic heterocycles. The van der Waals surface area contributed by atoms with Crippen molar-refractivity contribution in [3.63, 3.8) is 0 Å². The van der Waals surface area contributed by atoms with Crippen molar-refractivity contribution in [2.45, 2.75) is 38.8 Å². The summed E-state index contributed by atoms with van der Waals surface area (Å²) >= 11 is 0. The van der Waals surface area contributed by atoms with Crippen molar-refractivity contribution in [2.24, 2.45) is 11.7 Å². The van der Waals surface area contributed by atoms with Crippen molar-refractivity contribution in [3.05, 3.63) is 24.3 Å². The van der Waals surface area contributed by atoms with Crippen LogP contribution in [-0.4, -0.2) is 25.1 Å². The van der Waals surface area contributed by atoms with Gasteiger partial charge in [-0.2, -0.15) is 0 Å². The lowest BCUT2D eigenvalue weighted by Crippen LogP contribution is -2.47. The molecule has 112 valence electrons. The standard InChI is InChI=1S/C15H22N2O2.ClH/c1-10(16)15(18)17(11(2)12-4-5-12)13-6-8-14(19-3)9-7-13;/h6-12H,4-5,16H2,1-3H3;1H/t10-,11?;/m0./s1. The summed E-state index contributed by atoms with van der Waals surface area (Å²) in [6.45, 7) is 3.83. The Morgan fingerprint density at radius 3 is 2.25 bits per heavy atom. The fourth-order valence-corrected chi connectivity index (χ4v) is 2.31. The van der Waals surface area contributed by atoms with Crippen LogP contribution in [0.5, 0.6) is 5.75 Å². The topological polar surface area (TPSA) is 55.6 Å². The first-order valence-electron chi connectivity index (χ1n) is 6.77. The van der Waals surface area contributed by atoms with Crippen molar-refractivity contribution in [2.75, 3.05) is 12.0 Å². The lowest BCUT2D eigenvalue weighted by molar-refractivity contribution is -0.120. The Bertz CT molecular complexity index is 444. The zero-order valence-electron chi connectivity index (χ0n) is 12.2. The first-order valence-corrected chi connectivity index (χ1v) is 6.77. The van der Waals surface area contributed by atoms with Crippen molar-refractivity contribution in [1.82, 2.24) is 0 Å². The Balaban J connectivity index is 0.00000200. The molecule has 2 N–H and O–H groups in total. The molecule has 0 aliphatic heterocycles. The third-order valence-corrected chi connectivity index (χ3v) is 3.69. The zero-order chi connectivity index (χ0) is 14.0. The number of amides is 1. The molecule has 1 aliphatic carbocycles. The monoisotopic (exact) mass is 298 g/mol. The van der Waals surface area contributed by atoms with Crippen LogP contribution in [0.2, 0.25) is 0 Å². The Morgan fingerprint density at radius 1 is 1.30 bits per heavy atom. The van der Waals surface area contributed by atoms with Crippen LogP contribution in [0.3, 0.4) is 0 Å². The Labute approximate surface area is 126 Å². The van der Waals surface area contributed by atoms with E-state index in [1.165, 1.54) is 12.8 Å². The van der Waals surface area contributed by atoms with Gasteiger partial charge in [-0.15, -0.1) is 12.4 Å². The average Bonchev–Trinajstić information content (AvgIpc) is 3.23. The zero-order valence-corrected chi connectivity index (χ0v) is 13.0. The number of halogens is 1. The molecule has 4 nitrogen and oxygen atoms in total. The van der Waals surface area contributed by atoms with E-state index >= 15 is 0 Å². The maximum absolute atomic E-state index is 12.3. The first-order chi connectivity index (χ1) is 9.04. The van der Waals surface area contributed by atoms with Gasteiger partial charge in [0.15, 0.2) is 0 Å². The molecule has 1 saturated carbocycles. The molecule has 2 rings (SSSR count). The number of anilines is 1. The number of hydrogen-bond donors (Lipinski definition) is 1. The molecule has 0 bridgehead atoms. The Morgan fingerprint density at radius 2 is 1.85 bits per heavy atom. The highest BCUT2D eigenvalue weighted by Crippen LogP contribution is 2.37. The number of carbonyl (C=O) groups excluding carboxylic acids is 1. The molecule has 1 aliphatic rings. The largest absolute Gasteiger partial charge is 0.497 e. The van der Waals surface area contributed by atoms with E-state index in [4.69, 9.17) is 10.5 Å². The molecule has 5 heteroatoms. The highest BCUT2D eigenvalue weighted by molar-refractivity contribution is 5.97. The van der Waals surface area contributed by atoms with Gasteiger partial charge >= 0.3 is 0 Å². The smallest absolute Gasteiger partial charge is 0.243 e. The van der Waals surface area contributed by atoms with Crippen molar-refractivity contribution in [3.8, 4) is 5.75 Å². The minimum atomic E-state index is -0.483. The molecule has 0 spiro atoms. The van der Waals surface area contributed by atoms with Crippen LogP contribution in [0.15, 0.2) is 24.3 Å². The molecule has 1 aromatic rings. The van der Waals surface area contributed by atoms with E-state index in [0.29, 0.717) is 5.92 Å². The van der Waals surface area contributed by atoms with Crippen LogP contribution in [0.4, 0.5) is 5.69 Å². The third kappa shape index (κ3) is 3.64. The number of benzene rings is 1. The van der Waals surface area contributed by atoms with Gasteiger partial charge in [-0.3, -0.25) is 4.79 Å². The van der Waals surface area contributed by atoms with Gasteiger partial charge in [0, 0.05) is 11.7 Å². The lowest BCUT2D eigenvalue weighted by atomic mass is 10.1. The van der Waals surface area contributed by atoms with Crippen LogP contribution < -0.4 is 15.4 Å². The molecule has 1 amide bonds. The summed E-state index contributed by atoms with van der Waals surface area (Å²) in [7, 11) is 1.63. The number of nitrogens with zero attached hydrogens (tertiary/aromatic N) is 1. The van der Waals surface area contributed by atoms with Crippen LogP contribution in [0.25, 0.3) is 0 Å². The van der Waals surface area contributed by atoms with E-state index in [2.05, 4.69) is 6.92 Å². The van der Waals surface area contributed by atoms with Crippen LogP contribution in [0, 0.1) is 5.92 Å². The first kappa shape index (κ1) is 16.8. The molecule has 0 saturated heterocycles. The van der Waals surface area contributed by atoms with Crippen molar-refractivity contribution < 1.29 is 9.53 Å². The normalized spacial score (nSPS) is 16.8. The Kier molecular flexibility index (Phi) is 5.84. The molecule has 0 radical (unpaired) electrons. The van der Waals surface area contributed by atoms with Crippen LogP contribution >= 0.6 is 12.4 Å². The van der Waals surface area contributed by atoms with Gasteiger partial charge in [0.2, 0.25) is 5.91 Å². The number of ether oxygens (including phenoxy) is 1. The molecule has 0 heterocycles. The lowest BCUT2D eigenvalue weighted by Gasteiger charge is -2.31. The summed E-state index contributed by atoms with van der Waals surface area (Å²) in [4.78, 5) is 14.2. The predicted molar refractivity (Wildman–Crippen MR) is 83.6 cm³/mol. The second-order valence-corrected chi connectivity index (χ2v) is 5.27. The molecule has 1 unspecified atom stereocenters. The van der Waals surface area contributed by atoms with E-state index in [1.54, 1.807) is 14.0 Å². The van der Waals surface area contributed by atoms with Gasteiger partial charge in [0.1, 0.15) is 5.75 Å². The van der Waals surface area contributed by atoms with Crippen molar-refractivity contribution >= 4 is 24.0 Å².